The van der Waals surface area contributed by atoms with Crippen molar-refractivity contribution >= 4 is 35.5 Å². The molecule has 0 bridgehead atoms. The highest BCUT2D eigenvalue weighted by molar-refractivity contribution is 6.03. The smallest absolute Gasteiger partial charge is 0.325 e. The molecule has 1 fully saturated rings. The maximum absolute atomic E-state index is 12.3. The summed E-state index contributed by atoms with van der Waals surface area (Å²) in [6, 6.07) is -1.91. The third-order valence-corrected chi connectivity index (χ3v) is 8.29. The zero-order chi connectivity index (χ0) is 41.6. The van der Waals surface area contributed by atoms with Crippen molar-refractivity contribution < 1.29 is 71.8 Å². The molecule has 0 aromatic carbocycles. The number of carboxylic acids is 1. The van der Waals surface area contributed by atoms with Crippen LogP contribution in [0.3, 0.4) is 0 Å². The maximum atomic E-state index is 12.3. The van der Waals surface area contributed by atoms with Crippen LogP contribution in [0.1, 0.15) is 53.9 Å². The van der Waals surface area contributed by atoms with Gasteiger partial charge in [-0.25, -0.2) is 0 Å². The van der Waals surface area contributed by atoms with E-state index in [1.165, 1.54) is 11.8 Å². The van der Waals surface area contributed by atoms with Gasteiger partial charge in [-0.3, -0.25) is 33.7 Å². The molecule has 0 saturated carbocycles. The first-order valence-corrected chi connectivity index (χ1v) is 19.4. The van der Waals surface area contributed by atoms with E-state index in [-0.39, 0.29) is 73.8 Å². The molecule has 3 atom stereocenters. The van der Waals surface area contributed by atoms with Gasteiger partial charge in [-0.05, 0) is 18.8 Å². The largest absolute Gasteiger partial charge is 0.480 e. The lowest BCUT2D eigenvalue weighted by atomic mass is 9.94. The molecule has 19 nitrogen and oxygen atoms in total. The van der Waals surface area contributed by atoms with Crippen LogP contribution in [0.5, 0.6) is 0 Å². The summed E-state index contributed by atoms with van der Waals surface area (Å²) >= 11 is 0. The molecule has 1 aliphatic rings. The number of imide groups is 1. The van der Waals surface area contributed by atoms with Crippen molar-refractivity contribution in [3.63, 3.8) is 0 Å². The van der Waals surface area contributed by atoms with Crippen LogP contribution in [0.2, 0.25) is 0 Å². The monoisotopic (exact) mass is 806 g/mol. The van der Waals surface area contributed by atoms with Gasteiger partial charge >= 0.3 is 5.97 Å². The van der Waals surface area contributed by atoms with Gasteiger partial charge in [0.2, 0.25) is 29.5 Å². The third-order valence-electron chi connectivity index (χ3n) is 8.29. The third kappa shape index (κ3) is 24.4. The number of hydrogen-bond donors (Lipinski definition) is 4. The lowest BCUT2D eigenvalue weighted by molar-refractivity contribution is -0.142. The normalized spacial score (nSPS) is 15.4. The molecule has 56 heavy (non-hydrogen) atoms. The van der Waals surface area contributed by atoms with E-state index in [2.05, 4.69) is 16.0 Å². The fourth-order valence-corrected chi connectivity index (χ4v) is 4.98. The lowest BCUT2D eigenvalue weighted by Crippen LogP contribution is -2.53. The Hall–Kier alpha value is -3.30. The Morgan fingerprint density at radius 3 is 1.45 bits per heavy atom. The lowest BCUT2D eigenvalue weighted by Gasteiger charge is -2.23. The second-order valence-corrected chi connectivity index (χ2v) is 13.5. The molecule has 324 valence electrons. The number of rotatable bonds is 36. The van der Waals surface area contributed by atoms with E-state index in [1.54, 1.807) is 13.8 Å². The van der Waals surface area contributed by atoms with E-state index >= 15 is 0 Å². The van der Waals surface area contributed by atoms with Crippen LogP contribution in [0.15, 0.2) is 0 Å². The van der Waals surface area contributed by atoms with Crippen LogP contribution >= 0.6 is 0 Å². The van der Waals surface area contributed by atoms with Crippen molar-refractivity contribution in [2.24, 2.45) is 17.8 Å². The molecule has 0 spiro atoms. The maximum Gasteiger partial charge on any atom is 0.325 e. The molecule has 0 radical (unpaired) electrons. The van der Waals surface area contributed by atoms with E-state index in [0.29, 0.717) is 106 Å². The molecular weight excluding hydrogens is 740 g/mol. The minimum Gasteiger partial charge on any atom is -0.480 e. The van der Waals surface area contributed by atoms with Crippen molar-refractivity contribution in [3.8, 4) is 0 Å². The van der Waals surface area contributed by atoms with E-state index in [1.807, 2.05) is 13.8 Å². The molecule has 5 amide bonds. The number of carboxylic acid groups (broad SMARTS) is 1. The molecule has 1 rings (SSSR count). The van der Waals surface area contributed by atoms with Gasteiger partial charge in [0.15, 0.2) is 0 Å². The first kappa shape index (κ1) is 50.7. The predicted molar refractivity (Wildman–Crippen MR) is 200 cm³/mol. The topological polar surface area (TPSA) is 236 Å². The van der Waals surface area contributed by atoms with Gasteiger partial charge in [-0.2, -0.15) is 0 Å². The van der Waals surface area contributed by atoms with Crippen molar-refractivity contribution in [1.82, 2.24) is 20.9 Å². The standard InChI is InChI=1S/C37H66N4O15/c1-27(2)30-26-33(44)41(36(30)46)9-6-31(42)38-8-11-50-13-15-52-17-19-54-21-23-56-25-24-55-22-20-53-18-16-51-14-12-49-10-7-32(43)40-34(28(3)4)35(45)39-29(5)37(47)48/h27-30,34H,6-26H2,1-5H3,(H,38,42)(H,39,45)(H,40,43)(H,47,48)/t29-,30?,34?/m0/s1. The highest BCUT2D eigenvalue weighted by atomic mass is 16.6. The summed E-state index contributed by atoms with van der Waals surface area (Å²) in [7, 11) is 0. The molecule has 0 aromatic heterocycles. The molecular formula is C37H66N4O15. The first-order valence-electron chi connectivity index (χ1n) is 19.4. The van der Waals surface area contributed by atoms with Gasteiger partial charge < -0.3 is 59.0 Å². The molecule has 0 aliphatic carbocycles. The minimum absolute atomic E-state index is 0.0487. The second kappa shape index (κ2) is 31.7. The quantitative estimate of drug-likeness (QED) is 0.0473. The van der Waals surface area contributed by atoms with E-state index in [4.69, 9.17) is 43.0 Å². The number of carbonyl (C=O) groups is 6. The van der Waals surface area contributed by atoms with E-state index in [9.17, 15) is 28.8 Å². The molecule has 19 heteroatoms. The number of amides is 5. The SMILES string of the molecule is CC(C)C1CC(=O)N(CCC(=O)NCCOCCOCCOCCOCCOCCOCCOCCOCCC(=O)NC(C(=O)N[C@@H](C)C(=O)O)C(C)C)C1=O. The van der Waals surface area contributed by atoms with Crippen LogP contribution < -0.4 is 16.0 Å². The summed E-state index contributed by atoms with van der Waals surface area (Å²) in [5.41, 5.74) is 0. The molecule has 1 saturated heterocycles. The molecule has 1 aliphatic heterocycles. The number of aliphatic carboxylic acids is 1. The van der Waals surface area contributed by atoms with Crippen molar-refractivity contribution in [2.45, 2.75) is 66.0 Å². The number of ether oxygens (including phenoxy) is 8. The van der Waals surface area contributed by atoms with Crippen LogP contribution in [-0.2, 0) is 66.7 Å². The van der Waals surface area contributed by atoms with Gasteiger partial charge in [-0.15, -0.1) is 0 Å². The number of likely N-dealkylation sites (tertiary alicyclic amines) is 1. The highest BCUT2D eigenvalue weighted by Gasteiger charge is 2.39. The van der Waals surface area contributed by atoms with Crippen molar-refractivity contribution in [1.29, 1.82) is 0 Å². The summed E-state index contributed by atoms with van der Waals surface area (Å²) in [4.78, 5) is 73.0. The second-order valence-electron chi connectivity index (χ2n) is 13.5. The van der Waals surface area contributed by atoms with Gasteiger partial charge in [-0.1, -0.05) is 27.7 Å². The Balaban J connectivity index is 1.80. The summed E-state index contributed by atoms with van der Waals surface area (Å²) in [6.45, 7) is 15.1. The van der Waals surface area contributed by atoms with Crippen LogP contribution in [-0.4, -0.2) is 176 Å². The van der Waals surface area contributed by atoms with Gasteiger partial charge in [0, 0.05) is 38.3 Å². The minimum atomic E-state index is -1.16. The molecule has 1 heterocycles. The molecule has 4 N–H and O–H groups in total. The molecule has 0 aromatic rings. The first-order chi connectivity index (χ1) is 26.8. The fourth-order valence-electron chi connectivity index (χ4n) is 4.98. The van der Waals surface area contributed by atoms with Gasteiger partial charge in [0.05, 0.1) is 106 Å². The zero-order valence-corrected chi connectivity index (χ0v) is 33.8. The summed E-state index contributed by atoms with van der Waals surface area (Å²) in [5.74, 6) is -3.15. The zero-order valence-electron chi connectivity index (χ0n) is 33.8. The van der Waals surface area contributed by atoms with Crippen molar-refractivity contribution in [3.05, 3.63) is 0 Å². The Morgan fingerprint density at radius 2 is 1.05 bits per heavy atom. The average molecular weight is 807 g/mol. The summed E-state index contributed by atoms with van der Waals surface area (Å²) < 4.78 is 43.6. The van der Waals surface area contributed by atoms with Crippen molar-refractivity contribution in [2.75, 3.05) is 119 Å². The number of nitrogens with zero attached hydrogens (tertiary/aromatic N) is 1. The Labute approximate surface area is 330 Å². The highest BCUT2D eigenvalue weighted by Crippen LogP contribution is 2.26. The predicted octanol–water partition coefficient (Wildman–Crippen LogP) is -0.223. The summed E-state index contributed by atoms with van der Waals surface area (Å²) in [6.07, 6.45) is 0.334. The van der Waals surface area contributed by atoms with Crippen LogP contribution in [0, 0.1) is 17.8 Å². The van der Waals surface area contributed by atoms with E-state index in [0.717, 1.165) is 0 Å². The number of carbonyl (C=O) groups excluding carboxylic acids is 5. The fraction of sp³-hybridized carbons (Fsp3) is 0.838. The number of hydrogen-bond acceptors (Lipinski definition) is 14. The summed E-state index contributed by atoms with van der Waals surface area (Å²) in [5, 5.41) is 16.7. The number of nitrogens with one attached hydrogen (secondary N) is 3. The Morgan fingerprint density at radius 1 is 0.625 bits per heavy atom. The van der Waals surface area contributed by atoms with Crippen LogP contribution in [0.4, 0.5) is 0 Å². The van der Waals surface area contributed by atoms with Crippen LogP contribution in [0.25, 0.3) is 0 Å². The van der Waals surface area contributed by atoms with Gasteiger partial charge in [0.1, 0.15) is 12.1 Å². The van der Waals surface area contributed by atoms with Gasteiger partial charge in [0.25, 0.3) is 0 Å². The Bertz CT molecular complexity index is 1140. The Kier molecular flexibility index (Phi) is 28.8. The average Bonchev–Trinajstić information content (AvgIpc) is 3.44. The molecule has 2 unspecified atom stereocenters. The van der Waals surface area contributed by atoms with E-state index < -0.39 is 24.0 Å².